The predicted molar refractivity (Wildman–Crippen MR) is 74.3 cm³/mol. The number of hydrogen-bond acceptors (Lipinski definition) is 3. The largest absolute Gasteiger partial charge is 0.435 e. The number of nitrogens with zero attached hydrogens (tertiary/aromatic N) is 2. The molecule has 0 saturated heterocycles. The van der Waals surface area contributed by atoms with Crippen LogP contribution in [-0.4, -0.2) is 24.7 Å². The van der Waals surface area contributed by atoms with E-state index in [1.165, 1.54) is 18.2 Å². The van der Waals surface area contributed by atoms with Crippen molar-refractivity contribution >= 4 is 10.0 Å². The minimum atomic E-state index is -4.55. The van der Waals surface area contributed by atoms with Crippen molar-refractivity contribution in [3.05, 3.63) is 53.6 Å². The summed E-state index contributed by atoms with van der Waals surface area (Å²) in [6.45, 7) is -0.234. The van der Waals surface area contributed by atoms with E-state index >= 15 is 0 Å². The fourth-order valence-electron chi connectivity index (χ4n) is 1.82. The lowest BCUT2D eigenvalue weighted by Crippen LogP contribution is -2.29. The number of nitrogens with one attached hydrogen (secondary N) is 1. The molecule has 1 aromatic carbocycles. The topological polar surface area (TPSA) is 64.0 Å². The zero-order valence-corrected chi connectivity index (χ0v) is 12.5. The molecule has 0 radical (unpaired) electrons. The molecule has 1 aromatic heterocycles. The van der Waals surface area contributed by atoms with Crippen LogP contribution in [0.3, 0.4) is 0 Å². The van der Waals surface area contributed by atoms with E-state index in [1.54, 1.807) is 0 Å². The van der Waals surface area contributed by atoms with Gasteiger partial charge in [0.25, 0.3) is 0 Å². The average molecular weight is 351 g/mol. The van der Waals surface area contributed by atoms with Gasteiger partial charge < -0.3 is 0 Å². The molecule has 0 bridgehead atoms. The van der Waals surface area contributed by atoms with Gasteiger partial charge in [-0.05, 0) is 12.1 Å². The standard InChI is InChI=1S/C13H13F4N3O2S/c14-11-4-2-1-3-10(11)9-23(21,22)18-6-8-20-7-5-12(19-20)13(15,16)17/h1-5,7,18H,6,8-9H2. The fraction of sp³-hybridized carbons (Fsp3) is 0.308. The van der Waals surface area contributed by atoms with Crippen molar-refractivity contribution in [2.75, 3.05) is 6.54 Å². The van der Waals surface area contributed by atoms with Crippen molar-refractivity contribution in [1.82, 2.24) is 14.5 Å². The van der Waals surface area contributed by atoms with Crippen LogP contribution < -0.4 is 4.72 Å². The Morgan fingerprint density at radius 2 is 1.87 bits per heavy atom. The lowest BCUT2D eigenvalue weighted by molar-refractivity contribution is -0.141. The SMILES string of the molecule is O=S(=O)(Cc1ccccc1F)NCCn1ccc(C(F)(F)F)n1. The van der Waals surface area contributed by atoms with Crippen LogP contribution in [0.2, 0.25) is 0 Å². The molecular formula is C13H13F4N3O2S. The number of rotatable bonds is 6. The molecule has 1 heterocycles. The van der Waals surface area contributed by atoms with Gasteiger partial charge in [0.15, 0.2) is 5.69 Å². The van der Waals surface area contributed by atoms with E-state index in [-0.39, 0.29) is 18.7 Å². The second kappa shape index (κ2) is 6.67. The molecular weight excluding hydrogens is 338 g/mol. The molecule has 5 nitrogen and oxygen atoms in total. The van der Waals surface area contributed by atoms with Gasteiger partial charge in [0.1, 0.15) is 5.82 Å². The van der Waals surface area contributed by atoms with Crippen LogP contribution in [0.4, 0.5) is 17.6 Å². The van der Waals surface area contributed by atoms with Gasteiger partial charge >= 0.3 is 6.18 Å². The minimum absolute atomic E-state index is 0.0125. The molecule has 0 unspecified atom stereocenters. The van der Waals surface area contributed by atoms with Gasteiger partial charge in [-0.1, -0.05) is 18.2 Å². The number of benzene rings is 1. The summed E-state index contributed by atoms with van der Waals surface area (Å²) in [5, 5.41) is 3.30. The van der Waals surface area contributed by atoms with Crippen LogP contribution in [0.1, 0.15) is 11.3 Å². The van der Waals surface area contributed by atoms with Gasteiger partial charge in [0.2, 0.25) is 10.0 Å². The smallest absolute Gasteiger partial charge is 0.271 e. The second-order valence-electron chi connectivity index (χ2n) is 4.71. The molecule has 0 aliphatic carbocycles. The maximum Gasteiger partial charge on any atom is 0.435 e. The van der Waals surface area contributed by atoms with E-state index in [1.807, 2.05) is 0 Å². The summed E-state index contributed by atoms with van der Waals surface area (Å²) in [6, 6.07) is 6.24. The highest BCUT2D eigenvalue weighted by Gasteiger charge is 2.33. The van der Waals surface area contributed by atoms with Crippen molar-refractivity contribution in [2.24, 2.45) is 0 Å². The average Bonchev–Trinajstić information content (AvgIpc) is 2.90. The molecule has 0 fully saturated rings. The molecule has 0 atom stereocenters. The highest BCUT2D eigenvalue weighted by Crippen LogP contribution is 2.27. The Kier molecular flexibility index (Phi) is 5.05. The predicted octanol–water partition coefficient (Wildman–Crippen LogP) is 2.16. The first kappa shape index (κ1) is 17.4. The lowest BCUT2D eigenvalue weighted by atomic mass is 10.2. The van der Waals surface area contributed by atoms with Crippen molar-refractivity contribution in [3.63, 3.8) is 0 Å². The maximum absolute atomic E-state index is 13.4. The summed E-state index contributed by atoms with van der Waals surface area (Å²) in [5.74, 6) is -1.19. The zero-order chi connectivity index (χ0) is 17.1. The molecule has 23 heavy (non-hydrogen) atoms. The Balaban J connectivity index is 1.90. The third-order valence-corrected chi connectivity index (χ3v) is 4.23. The molecule has 0 amide bonds. The second-order valence-corrected chi connectivity index (χ2v) is 6.51. The number of sulfonamides is 1. The third-order valence-electron chi connectivity index (χ3n) is 2.90. The fourth-order valence-corrected chi connectivity index (χ4v) is 2.97. The van der Waals surface area contributed by atoms with Gasteiger partial charge in [0, 0.05) is 18.3 Å². The van der Waals surface area contributed by atoms with Crippen LogP contribution in [0, 0.1) is 5.82 Å². The Bertz CT molecular complexity index is 772. The molecule has 126 valence electrons. The van der Waals surface area contributed by atoms with E-state index in [2.05, 4.69) is 9.82 Å². The first-order valence-electron chi connectivity index (χ1n) is 6.49. The van der Waals surface area contributed by atoms with Gasteiger partial charge in [0.05, 0.1) is 12.3 Å². The first-order valence-corrected chi connectivity index (χ1v) is 8.14. The summed E-state index contributed by atoms with van der Waals surface area (Å²) < 4.78 is 77.3. The van der Waals surface area contributed by atoms with Crippen molar-refractivity contribution in [2.45, 2.75) is 18.5 Å². The Morgan fingerprint density at radius 1 is 1.17 bits per heavy atom. The summed E-state index contributed by atoms with van der Waals surface area (Å²) in [4.78, 5) is 0. The minimum Gasteiger partial charge on any atom is -0.271 e. The summed E-state index contributed by atoms with van der Waals surface area (Å²) in [7, 11) is -3.80. The molecule has 0 aliphatic heterocycles. The van der Waals surface area contributed by atoms with Gasteiger partial charge in [-0.2, -0.15) is 18.3 Å². The Hall–Kier alpha value is -1.94. The number of hydrogen-bond donors (Lipinski definition) is 1. The quantitative estimate of drug-likeness (QED) is 0.811. The van der Waals surface area contributed by atoms with Crippen LogP contribution in [0.15, 0.2) is 36.5 Å². The number of aromatic nitrogens is 2. The summed E-state index contributed by atoms with van der Waals surface area (Å²) in [6.07, 6.45) is -3.44. The first-order chi connectivity index (χ1) is 10.7. The van der Waals surface area contributed by atoms with E-state index < -0.39 is 33.5 Å². The molecule has 0 saturated carbocycles. The maximum atomic E-state index is 13.4. The van der Waals surface area contributed by atoms with E-state index in [9.17, 15) is 26.0 Å². The monoisotopic (exact) mass is 351 g/mol. The molecule has 1 N–H and O–H groups in total. The molecule has 2 aromatic rings. The highest BCUT2D eigenvalue weighted by atomic mass is 32.2. The third kappa shape index (κ3) is 5.03. The van der Waals surface area contributed by atoms with E-state index in [0.29, 0.717) is 0 Å². The summed E-state index contributed by atoms with van der Waals surface area (Å²) in [5.41, 5.74) is -1.04. The lowest BCUT2D eigenvalue weighted by Gasteiger charge is -2.08. The van der Waals surface area contributed by atoms with Crippen molar-refractivity contribution in [1.29, 1.82) is 0 Å². The van der Waals surface area contributed by atoms with Crippen LogP contribution >= 0.6 is 0 Å². The molecule has 2 rings (SSSR count). The van der Waals surface area contributed by atoms with Gasteiger partial charge in [-0.15, -0.1) is 0 Å². The van der Waals surface area contributed by atoms with Crippen LogP contribution in [-0.2, 0) is 28.5 Å². The van der Waals surface area contributed by atoms with Crippen LogP contribution in [0.5, 0.6) is 0 Å². The molecule has 0 spiro atoms. The van der Waals surface area contributed by atoms with Crippen molar-refractivity contribution < 1.29 is 26.0 Å². The highest BCUT2D eigenvalue weighted by molar-refractivity contribution is 7.88. The number of alkyl halides is 3. The Morgan fingerprint density at radius 3 is 2.48 bits per heavy atom. The molecule has 10 heteroatoms. The zero-order valence-electron chi connectivity index (χ0n) is 11.7. The normalized spacial score (nSPS) is 12.5. The van der Waals surface area contributed by atoms with Crippen LogP contribution in [0.25, 0.3) is 0 Å². The van der Waals surface area contributed by atoms with Gasteiger partial charge in [-0.25, -0.2) is 17.5 Å². The van der Waals surface area contributed by atoms with Crippen molar-refractivity contribution in [3.8, 4) is 0 Å². The molecule has 0 aliphatic rings. The van der Waals surface area contributed by atoms with Gasteiger partial charge in [-0.3, -0.25) is 4.68 Å². The summed E-state index contributed by atoms with van der Waals surface area (Å²) >= 11 is 0. The Labute approximate surface area is 130 Å². The van der Waals surface area contributed by atoms with E-state index in [4.69, 9.17) is 0 Å². The number of halogens is 4. The van der Waals surface area contributed by atoms with E-state index in [0.717, 1.165) is 23.0 Å².